The summed E-state index contributed by atoms with van der Waals surface area (Å²) < 4.78 is 6.48. The molecule has 0 saturated carbocycles. The predicted octanol–water partition coefficient (Wildman–Crippen LogP) is 3.37. The topological polar surface area (TPSA) is 67.4 Å². The Balaban J connectivity index is 1.75. The number of benzene rings is 2. The molecule has 2 N–H and O–H groups in total. The summed E-state index contributed by atoms with van der Waals surface area (Å²) in [7, 11) is 0. The highest BCUT2D eigenvalue weighted by atomic mass is 127. The van der Waals surface area contributed by atoms with Gasteiger partial charge in [-0.25, -0.2) is 0 Å². The van der Waals surface area contributed by atoms with Crippen molar-refractivity contribution in [1.82, 2.24) is 10.6 Å². The highest BCUT2D eigenvalue weighted by molar-refractivity contribution is 14.1. The summed E-state index contributed by atoms with van der Waals surface area (Å²) in [6, 6.07) is 14.9. The number of hydrogen-bond donors (Lipinski definition) is 2. The highest BCUT2D eigenvalue weighted by Crippen LogP contribution is 2.13. The standard InChI is InChI=1S/C20H23IN2O3/c1-14(2)13-26-16-9-7-15(8-10-16)11-22-19(24)12-23-20(25)17-5-3-4-6-18(17)21/h3-10,14H,11-13H2,1-2H3,(H,22,24)(H,23,25). The number of ether oxygens (including phenoxy) is 1. The van der Waals surface area contributed by atoms with Crippen LogP contribution in [0, 0.1) is 9.49 Å². The SMILES string of the molecule is CC(C)COc1ccc(CNC(=O)CNC(=O)c2ccccc2I)cc1. The lowest BCUT2D eigenvalue weighted by Gasteiger charge is -2.10. The quantitative estimate of drug-likeness (QED) is 0.587. The van der Waals surface area contributed by atoms with Crippen LogP contribution in [0.3, 0.4) is 0 Å². The molecule has 6 heteroatoms. The minimum Gasteiger partial charge on any atom is -0.493 e. The summed E-state index contributed by atoms with van der Waals surface area (Å²) in [5, 5.41) is 5.43. The van der Waals surface area contributed by atoms with E-state index in [1.54, 1.807) is 12.1 Å². The average Bonchev–Trinajstić information content (AvgIpc) is 2.64. The van der Waals surface area contributed by atoms with E-state index in [4.69, 9.17) is 4.74 Å². The molecule has 0 aliphatic heterocycles. The molecule has 138 valence electrons. The van der Waals surface area contributed by atoms with E-state index in [0.29, 0.717) is 24.6 Å². The number of amides is 2. The Morgan fingerprint density at radius 1 is 1.04 bits per heavy atom. The second-order valence-electron chi connectivity index (χ2n) is 6.29. The van der Waals surface area contributed by atoms with Crippen molar-refractivity contribution in [2.45, 2.75) is 20.4 Å². The van der Waals surface area contributed by atoms with Gasteiger partial charge in [-0.05, 0) is 58.3 Å². The highest BCUT2D eigenvalue weighted by Gasteiger charge is 2.10. The third kappa shape index (κ3) is 6.67. The van der Waals surface area contributed by atoms with Crippen LogP contribution < -0.4 is 15.4 Å². The zero-order chi connectivity index (χ0) is 18.9. The second kappa shape index (κ2) is 10.2. The van der Waals surface area contributed by atoms with E-state index < -0.39 is 0 Å². The largest absolute Gasteiger partial charge is 0.493 e. The Morgan fingerprint density at radius 2 is 1.73 bits per heavy atom. The molecule has 0 atom stereocenters. The van der Waals surface area contributed by atoms with Gasteiger partial charge in [0.15, 0.2) is 0 Å². The van der Waals surface area contributed by atoms with Crippen molar-refractivity contribution in [3.05, 3.63) is 63.2 Å². The van der Waals surface area contributed by atoms with Gasteiger partial charge in [-0.15, -0.1) is 0 Å². The maximum absolute atomic E-state index is 12.1. The van der Waals surface area contributed by atoms with Crippen molar-refractivity contribution >= 4 is 34.4 Å². The van der Waals surface area contributed by atoms with Gasteiger partial charge in [-0.1, -0.05) is 38.1 Å². The molecule has 0 aliphatic rings. The lowest BCUT2D eigenvalue weighted by atomic mass is 10.2. The Kier molecular flexibility index (Phi) is 7.90. The van der Waals surface area contributed by atoms with E-state index >= 15 is 0 Å². The summed E-state index contributed by atoms with van der Waals surface area (Å²) in [6.45, 7) is 5.22. The Bertz CT molecular complexity index is 745. The van der Waals surface area contributed by atoms with Crippen LogP contribution in [0.15, 0.2) is 48.5 Å². The summed E-state index contributed by atoms with van der Waals surface area (Å²) >= 11 is 2.10. The summed E-state index contributed by atoms with van der Waals surface area (Å²) in [6.07, 6.45) is 0. The van der Waals surface area contributed by atoms with E-state index in [2.05, 4.69) is 47.1 Å². The van der Waals surface area contributed by atoms with Crippen LogP contribution >= 0.6 is 22.6 Å². The molecule has 0 saturated heterocycles. The lowest BCUT2D eigenvalue weighted by Crippen LogP contribution is -2.36. The molecule has 0 unspecified atom stereocenters. The first-order valence-corrected chi connectivity index (χ1v) is 9.54. The smallest absolute Gasteiger partial charge is 0.252 e. The van der Waals surface area contributed by atoms with Crippen LogP contribution in [0.25, 0.3) is 0 Å². The molecule has 0 bridgehead atoms. The first-order chi connectivity index (χ1) is 12.5. The van der Waals surface area contributed by atoms with E-state index in [1.165, 1.54) is 0 Å². The number of hydrogen-bond acceptors (Lipinski definition) is 3. The fourth-order valence-corrected chi connectivity index (χ4v) is 2.76. The Labute approximate surface area is 167 Å². The molecule has 2 aromatic rings. The Morgan fingerprint density at radius 3 is 2.38 bits per heavy atom. The van der Waals surface area contributed by atoms with E-state index in [9.17, 15) is 9.59 Å². The molecular formula is C20H23IN2O3. The number of nitrogens with one attached hydrogen (secondary N) is 2. The zero-order valence-corrected chi connectivity index (χ0v) is 17.1. The van der Waals surface area contributed by atoms with Crippen molar-refractivity contribution in [3.8, 4) is 5.75 Å². The third-order valence-corrected chi connectivity index (χ3v) is 4.47. The maximum Gasteiger partial charge on any atom is 0.252 e. The average molecular weight is 466 g/mol. The molecule has 2 rings (SSSR count). The molecule has 5 nitrogen and oxygen atoms in total. The van der Waals surface area contributed by atoms with Gasteiger partial charge in [0.2, 0.25) is 5.91 Å². The van der Waals surface area contributed by atoms with Crippen LogP contribution in [0.1, 0.15) is 29.8 Å². The number of halogens is 1. The fourth-order valence-electron chi connectivity index (χ4n) is 2.13. The van der Waals surface area contributed by atoms with Gasteiger partial charge >= 0.3 is 0 Å². The van der Waals surface area contributed by atoms with Crippen molar-refractivity contribution in [2.75, 3.05) is 13.2 Å². The van der Waals surface area contributed by atoms with E-state index in [-0.39, 0.29) is 18.4 Å². The van der Waals surface area contributed by atoms with Gasteiger partial charge in [-0.2, -0.15) is 0 Å². The minimum atomic E-state index is -0.253. The fraction of sp³-hybridized carbons (Fsp3) is 0.300. The second-order valence-corrected chi connectivity index (χ2v) is 7.45. The van der Waals surface area contributed by atoms with Gasteiger partial charge in [0.1, 0.15) is 5.75 Å². The van der Waals surface area contributed by atoms with E-state index in [0.717, 1.165) is 14.9 Å². The molecule has 0 aromatic heterocycles. The van der Waals surface area contributed by atoms with E-state index in [1.807, 2.05) is 36.4 Å². The summed E-state index contributed by atoms with van der Waals surface area (Å²) in [5.74, 6) is 0.808. The van der Waals surface area contributed by atoms with Crippen molar-refractivity contribution in [3.63, 3.8) is 0 Å². The number of rotatable bonds is 8. The first kappa shape index (κ1) is 20.2. The van der Waals surface area contributed by atoms with Gasteiger partial charge < -0.3 is 15.4 Å². The molecule has 0 radical (unpaired) electrons. The molecule has 26 heavy (non-hydrogen) atoms. The molecule has 2 amide bonds. The maximum atomic E-state index is 12.1. The molecule has 0 fully saturated rings. The van der Waals surface area contributed by atoms with Crippen molar-refractivity contribution in [2.24, 2.45) is 5.92 Å². The Hall–Kier alpha value is -2.09. The molecule has 0 heterocycles. The van der Waals surface area contributed by atoms with Crippen LogP contribution in [0.5, 0.6) is 5.75 Å². The molecule has 0 aliphatic carbocycles. The monoisotopic (exact) mass is 466 g/mol. The van der Waals surface area contributed by atoms with Crippen molar-refractivity contribution in [1.29, 1.82) is 0 Å². The third-order valence-electron chi connectivity index (χ3n) is 3.52. The van der Waals surface area contributed by atoms with Crippen LogP contribution in [-0.2, 0) is 11.3 Å². The van der Waals surface area contributed by atoms with Crippen LogP contribution in [-0.4, -0.2) is 25.0 Å². The zero-order valence-electron chi connectivity index (χ0n) is 14.9. The summed E-state index contributed by atoms with van der Waals surface area (Å²) in [4.78, 5) is 24.0. The molecule has 0 spiro atoms. The van der Waals surface area contributed by atoms with Gasteiger partial charge in [0.25, 0.3) is 5.91 Å². The van der Waals surface area contributed by atoms with Crippen LogP contribution in [0.4, 0.5) is 0 Å². The first-order valence-electron chi connectivity index (χ1n) is 8.47. The molecule has 2 aromatic carbocycles. The number of carbonyl (C=O) groups is 2. The van der Waals surface area contributed by atoms with Crippen molar-refractivity contribution < 1.29 is 14.3 Å². The van der Waals surface area contributed by atoms with Gasteiger partial charge in [0, 0.05) is 10.1 Å². The lowest BCUT2D eigenvalue weighted by molar-refractivity contribution is -0.120. The molecular weight excluding hydrogens is 443 g/mol. The van der Waals surface area contributed by atoms with Gasteiger partial charge in [0.05, 0.1) is 18.7 Å². The van der Waals surface area contributed by atoms with Gasteiger partial charge in [-0.3, -0.25) is 9.59 Å². The van der Waals surface area contributed by atoms with Crippen LogP contribution in [0.2, 0.25) is 0 Å². The summed E-state index contributed by atoms with van der Waals surface area (Å²) in [5.41, 5.74) is 1.54. The number of carbonyl (C=O) groups excluding carboxylic acids is 2. The normalized spacial score (nSPS) is 10.5. The minimum absolute atomic E-state index is 0.0562. The predicted molar refractivity (Wildman–Crippen MR) is 110 cm³/mol.